The van der Waals surface area contributed by atoms with Crippen LogP contribution >= 0.6 is 11.6 Å². The monoisotopic (exact) mass is 157 g/mol. The highest BCUT2D eigenvalue weighted by molar-refractivity contribution is 6.31. The lowest BCUT2D eigenvalue weighted by atomic mass is 10.3. The molecule has 3 heteroatoms. The van der Waals surface area contributed by atoms with Gasteiger partial charge in [0, 0.05) is 0 Å². The summed E-state index contributed by atoms with van der Waals surface area (Å²) in [6, 6.07) is 4.59. The number of benzene rings is 1. The molecule has 0 aliphatic rings. The minimum atomic E-state index is -0.515. The normalized spacial score (nSPS) is 9.40. The maximum Gasteiger partial charge on any atom is 0.167 e. The number of rotatable bonds is 1. The second-order valence-electron chi connectivity index (χ2n) is 1.73. The predicted octanol–water partition coefficient (Wildman–Crippen LogP) is 2.81. The molecule has 10 heavy (non-hydrogen) atoms. The Morgan fingerprint density at radius 2 is 2.20 bits per heavy atom. The molecule has 0 spiro atoms. The molecule has 0 aliphatic carbocycles. The van der Waals surface area contributed by atoms with E-state index in [9.17, 15) is 4.39 Å². The van der Waals surface area contributed by atoms with Gasteiger partial charge >= 0.3 is 0 Å². The molecule has 1 aromatic carbocycles. The van der Waals surface area contributed by atoms with Crippen LogP contribution in [0.25, 0.3) is 0 Å². The first-order valence-electron chi connectivity index (χ1n) is 2.66. The molecule has 0 bridgehead atoms. The van der Waals surface area contributed by atoms with Gasteiger partial charge in [0.2, 0.25) is 0 Å². The van der Waals surface area contributed by atoms with E-state index < -0.39 is 5.82 Å². The number of hydrogen-bond donors (Lipinski definition) is 0. The summed E-state index contributed by atoms with van der Waals surface area (Å²) in [5.41, 5.74) is 0.188. The van der Waals surface area contributed by atoms with Crippen LogP contribution < -0.4 is 0 Å². The maximum atomic E-state index is 12.7. The minimum Gasteiger partial charge on any atom is -0.262 e. The Hall–Kier alpha value is -0.890. The van der Waals surface area contributed by atoms with E-state index >= 15 is 0 Å². The molecular formula is C7H5ClFN. The lowest BCUT2D eigenvalue weighted by Gasteiger charge is -1.95. The van der Waals surface area contributed by atoms with Crippen LogP contribution in [-0.4, -0.2) is 6.72 Å². The Morgan fingerprint density at radius 3 is 2.70 bits per heavy atom. The van der Waals surface area contributed by atoms with Crippen LogP contribution in [0, 0.1) is 5.82 Å². The fourth-order valence-electron chi connectivity index (χ4n) is 0.615. The molecule has 1 aromatic rings. The second kappa shape index (κ2) is 2.80. The topological polar surface area (TPSA) is 12.4 Å². The maximum absolute atomic E-state index is 12.7. The zero-order chi connectivity index (χ0) is 7.56. The average Bonchev–Trinajstić information content (AvgIpc) is 1.95. The van der Waals surface area contributed by atoms with E-state index in [1.807, 2.05) is 0 Å². The summed E-state index contributed by atoms with van der Waals surface area (Å²) in [6.07, 6.45) is 0. The molecule has 52 valence electrons. The van der Waals surface area contributed by atoms with Crippen LogP contribution in [0.3, 0.4) is 0 Å². The summed E-state index contributed by atoms with van der Waals surface area (Å²) in [4.78, 5) is 3.42. The Labute approximate surface area is 63.2 Å². The van der Waals surface area contributed by atoms with Crippen molar-refractivity contribution >= 4 is 24.0 Å². The standard InChI is InChI=1S/C7H5ClFN/c1-10-6-4-2-3-5(8)7(6)9/h2-4H,1H2. The smallest absolute Gasteiger partial charge is 0.167 e. The summed E-state index contributed by atoms with van der Waals surface area (Å²) in [6.45, 7) is 3.18. The van der Waals surface area contributed by atoms with Crippen molar-refractivity contribution in [1.82, 2.24) is 0 Å². The van der Waals surface area contributed by atoms with E-state index in [1.54, 1.807) is 6.07 Å². The quantitative estimate of drug-likeness (QED) is 0.556. The lowest BCUT2D eigenvalue weighted by molar-refractivity contribution is 0.630. The molecule has 0 aromatic heterocycles. The Kier molecular flexibility index (Phi) is 2.02. The van der Waals surface area contributed by atoms with Gasteiger partial charge in [0.25, 0.3) is 0 Å². The first-order chi connectivity index (χ1) is 4.75. The first-order valence-corrected chi connectivity index (χ1v) is 3.04. The number of hydrogen-bond acceptors (Lipinski definition) is 1. The molecule has 0 atom stereocenters. The largest absolute Gasteiger partial charge is 0.262 e. The van der Waals surface area contributed by atoms with Gasteiger partial charge in [-0.1, -0.05) is 17.7 Å². The first kappa shape index (κ1) is 7.22. The van der Waals surface area contributed by atoms with Crippen molar-refractivity contribution in [1.29, 1.82) is 0 Å². The van der Waals surface area contributed by atoms with Crippen LogP contribution in [0.15, 0.2) is 23.2 Å². The van der Waals surface area contributed by atoms with Gasteiger partial charge in [0.1, 0.15) is 0 Å². The van der Waals surface area contributed by atoms with E-state index in [0.29, 0.717) is 0 Å². The molecule has 0 N–H and O–H groups in total. The van der Waals surface area contributed by atoms with Crippen molar-refractivity contribution in [2.45, 2.75) is 0 Å². The highest BCUT2D eigenvalue weighted by Crippen LogP contribution is 2.23. The van der Waals surface area contributed by atoms with Crippen molar-refractivity contribution in [3.8, 4) is 0 Å². The fourth-order valence-corrected chi connectivity index (χ4v) is 0.784. The molecule has 0 fully saturated rings. The van der Waals surface area contributed by atoms with E-state index in [0.717, 1.165) is 0 Å². The molecule has 0 heterocycles. The van der Waals surface area contributed by atoms with E-state index in [4.69, 9.17) is 11.6 Å². The fraction of sp³-hybridized carbons (Fsp3) is 0. The summed E-state index contributed by atoms with van der Waals surface area (Å²) < 4.78 is 12.7. The molecule has 0 aliphatic heterocycles. The van der Waals surface area contributed by atoms with Gasteiger partial charge in [-0.15, -0.1) is 0 Å². The third kappa shape index (κ3) is 1.16. The van der Waals surface area contributed by atoms with Crippen LogP contribution in [0.2, 0.25) is 5.02 Å². The van der Waals surface area contributed by atoms with Crippen LogP contribution in [-0.2, 0) is 0 Å². The number of aliphatic imine (C=N–C) groups is 1. The third-order valence-electron chi connectivity index (χ3n) is 1.10. The number of nitrogens with zero attached hydrogens (tertiary/aromatic N) is 1. The minimum absolute atomic E-state index is 0.0740. The Balaban J connectivity index is 3.27. The molecule has 1 rings (SSSR count). The molecule has 0 unspecified atom stereocenters. The van der Waals surface area contributed by atoms with E-state index in [-0.39, 0.29) is 10.7 Å². The summed E-state index contributed by atoms with van der Waals surface area (Å²) in [7, 11) is 0. The highest BCUT2D eigenvalue weighted by Gasteiger charge is 2.01. The van der Waals surface area contributed by atoms with Gasteiger partial charge < -0.3 is 0 Å². The van der Waals surface area contributed by atoms with Crippen molar-refractivity contribution in [3.05, 3.63) is 29.0 Å². The molecule has 0 radical (unpaired) electrons. The summed E-state index contributed by atoms with van der Waals surface area (Å²) >= 11 is 5.43. The van der Waals surface area contributed by atoms with Crippen LogP contribution in [0.1, 0.15) is 0 Å². The zero-order valence-electron chi connectivity index (χ0n) is 5.14. The molecular weight excluding hydrogens is 153 g/mol. The Bertz CT molecular complexity index is 260. The van der Waals surface area contributed by atoms with Gasteiger partial charge in [0.15, 0.2) is 5.82 Å². The van der Waals surface area contributed by atoms with E-state index in [2.05, 4.69) is 11.7 Å². The van der Waals surface area contributed by atoms with E-state index in [1.165, 1.54) is 12.1 Å². The molecule has 0 amide bonds. The number of halogens is 2. The molecule has 0 saturated heterocycles. The highest BCUT2D eigenvalue weighted by atomic mass is 35.5. The van der Waals surface area contributed by atoms with Gasteiger partial charge in [-0.25, -0.2) is 4.39 Å². The van der Waals surface area contributed by atoms with Gasteiger partial charge in [-0.2, -0.15) is 0 Å². The van der Waals surface area contributed by atoms with Crippen LogP contribution in [0.4, 0.5) is 10.1 Å². The lowest BCUT2D eigenvalue weighted by Crippen LogP contribution is -1.75. The molecule has 0 saturated carbocycles. The second-order valence-corrected chi connectivity index (χ2v) is 2.14. The molecule has 1 nitrogen and oxygen atoms in total. The SMILES string of the molecule is C=Nc1cccc(Cl)c1F. The zero-order valence-corrected chi connectivity index (χ0v) is 5.90. The Morgan fingerprint density at radius 1 is 1.50 bits per heavy atom. The van der Waals surface area contributed by atoms with Crippen molar-refractivity contribution in [3.63, 3.8) is 0 Å². The van der Waals surface area contributed by atoms with Gasteiger partial charge in [-0.3, -0.25) is 4.99 Å². The van der Waals surface area contributed by atoms with Crippen molar-refractivity contribution in [2.75, 3.05) is 0 Å². The summed E-state index contributed by atoms with van der Waals surface area (Å²) in [5.74, 6) is -0.515. The average molecular weight is 158 g/mol. The summed E-state index contributed by atoms with van der Waals surface area (Å²) in [5, 5.41) is 0.0740. The van der Waals surface area contributed by atoms with Crippen molar-refractivity contribution < 1.29 is 4.39 Å². The van der Waals surface area contributed by atoms with Crippen LogP contribution in [0.5, 0.6) is 0 Å². The predicted molar refractivity (Wildman–Crippen MR) is 40.6 cm³/mol. The third-order valence-corrected chi connectivity index (χ3v) is 1.39. The van der Waals surface area contributed by atoms with Gasteiger partial charge in [0.05, 0.1) is 10.7 Å². The van der Waals surface area contributed by atoms with Crippen molar-refractivity contribution in [2.24, 2.45) is 4.99 Å². The van der Waals surface area contributed by atoms with Gasteiger partial charge in [-0.05, 0) is 18.9 Å².